The lowest BCUT2D eigenvalue weighted by molar-refractivity contribution is -0.129. The van der Waals surface area contributed by atoms with Gasteiger partial charge >= 0.3 is 6.09 Å². The SMILES string of the molecule is CC(C)(C)OC(=O)N[C@@H]1CCN(Cc2ccc3ccnc(Cl)c3c2)C1=O. The molecule has 1 aromatic heterocycles. The van der Waals surface area contributed by atoms with Gasteiger partial charge in [-0.1, -0.05) is 23.7 Å². The van der Waals surface area contributed by atoms with Crippen LogP contribution < -0.4 is 5.32 Å². The molecule has 0 unspecified atom stereocenters. The fourth-order valence-electron chi connectivity index (χ4n) is 2.98. The van der Waals surface area contributed by atoms with E-state index in [1.807, 2.05) is 24.3 Å². The molecule has 1 aliphatic rings. The number of carbonyl (C=O) groups is 2. The molecule has 0 radical (unpaired) electrons. The molecular formula is C19H22ClN3O3. The molecular weight excluding hydrogens is 354 g/mol. The molecule has 0 saturated carbocycles. The van der Waals surface area contributed by atoms with E-state index in [0.717, 1.165) is 16.3 Å². The molecule has 0 aliphatic carbocycles. The number of likely N-dealkylation sites (tertiary alicyclic amines) is 1. The maximum absolute atomic E-state index is 12.6. The Morgan fingerprint density at radius 3 is 2.88 bits per heavy atom. The van der Waals surface area contributed by atoms with Crippen LogP contribution in [0.4, 0.5) is 4.79 Å². The third kappa shape index (κ3) is 4.25. The number of hydrogen-bond donors (Lipinski definition) is 1. The van der Waals surface area contributed by atoms with Crippen LogP contribution in [0.15, 0.2) is 30.5 Å². The van der Waals surface area contributed by atoms with Gasteiger partial charge < -0.3 is 15.0 Å². The van der Waals surface area contributed by atoms with Crippen LogP contribution in [-0.2, 0) is 16.1 Å². The number of nitrogens with one attached hydrogen (secondary N) is 1. The number of aromatic nitrogens is 1. The third-order valence-corrected chi connectivity index (χ3v) is 4.44. The number of hydrogen-bond acceptors (Lipinski definition) is 4. The van der Waals surface area contributed by atoms with E-state index >= 15 is 0 Å². The minimum absolute atomic E-state index is 0.103. The average molecular weight is 376 g/mol. The maximum atomic E-state index is 12.6. The molecule has 1 N–H and O–H groups in total. The highest BCUT2D eigenvalue weighted by Crippen LogP contribution is 2.24. The zero-order chi connectivity index (χ0) is 18.9. The predicted molar refractivity (Wildman–Crippen MR) is 99.9 cm³/mol. The zero-order valence-electron chi connectivity index (χ0n) is 15.1. The first-order chi connectivity index (χ1) is 12.2. The van der Waals surface area contributed by atoms with Crippen LogP contribution in [-0.4, -0.2) is 40.1 Å². The minimum atomic E-state index is -0.593. The van der Waals surface area contributed by atoms with E-state index in [4.69, 9.17) is 16.3 Å². The Morgan fingerprint density at radius 1 is 1.38 bits per heavy atom. The smallest absolute Gasteiger partial charge is 0.408 e. The molecule has 6 nitrogen and oxygen atoms in total. The number of nitrogens with zero attached hydrogens (tertiary/aromatic N) is 2. The summed E-state index contributed by atoms with van der Waals surface area (Å²) in [4.78, 5) is 30.3. The van der Waals surface area contributed by atoms with Crippen LogP contribution in [0.25, 0.3) is 10.8 Å². The summed E-state index contributed by atoms with van der Waals surface area (Å²) in [7, 11) is 0. The van der Waals surface area contributed by atoms with Gasteiger partial charge in [0.05, 0.1) is 0 Å². The number of halogens is 1. The first-order valence-electron chi connectivity index (χ1n) is 8.54. The molecule has 1 atom stereocenters. The Hall–Kier alpha value is -2.34. The second kappa shape index (κ2) is 7.11. The van der Waals surface area contributed by atoms with Crippen LogP contribution in [0.1, 0.15) is 32.8 Å². The molecule has 1 aliphatic heterocycles. The van der Waals surface area contributed by atoms with Crippen molar-refractivity contribution in [3.05, 3.63) is 41.2 Å². The van der Waals surface area contributed by atoms with Crippen LogP contribution in [0.3, 0.4) is 0 Å². The van der Waals surface area contributed by atoms with Crippen molar-refractivity contribution in [1.82, 2.24) is 15.2 Å². The summed E-state index contributed by atoms with van der Waals surface area (Å²) < 4.78 is 5.22. The lowest BCUT2D eigenvalue weighted by Gasteiger charge is -2.21. The third-order valence-electron chi connectivity index (χ3n) is 4.14. The topological polar surface area (TPSA) is 71.5 Å². The highest BCUT2D eigenvalue weighted by atomic mass is 35.5. The fraction of sp³-hybridized carbons (Fsp3) is 0.421. The van der Waals surface area contributed by atoms with Gasteiger partial charge in [0.1, 0.15) is 16.8 Å². The summed E-state index contributed by atoms with van der Waals surface area (Å²) in [6.07, 6.45) is 1.66. The summed E-state index contributed by atoms with van der Waals surface area (Å²) in [5.41, 5.74) is 0.378. The van der Waals surface area contributed by atoms with E-state index in [9.17, 15) is 9.59 Å². The van der Waals surface area contributed by atoms with E-state index in [1.54, 1.807) is 31.9 Å². The molecule has 7 heteroatoms. The summed E-state index contributed by atoms with van der Waals surface area (Å²) in [6, 6.07) is 7.24. The van der Waals surface area contributed by atoms with Crippen LogP contribution in [0.2, 0.25) is 5.15 Å². The van der Waals surface area contributed by atoms with Gasteiger partial charge in [-0.3, -0.25) is 4.79 Å². The Morgan fingerprint density at radius 2 is 2.15 bits per heavy atom. The summed E-state index contributed by atoms with van der Waals surface area (Å²) in [5.74, 6) is -0.103. The first kappa shape index (κ1) is 18.5. The standard InChI is InChI=1S/C19H22ClN3O3/c1-19(2,3)26-18(25)22-15-7-9-23(17(15)24)11-12-4-5-13-6-8-21-16(20)14(13)10-12/h4-6,8,10,15H,7,9,11H2,1-3H3,(H,22,25)/t15-/m1/s1. The number of benzene rings is 1. The van der Waals surface area contributed by atoms with Gasteiger partial charge in [0, 0.05) is 24.7 Å². The highest BCUT2D eigenvalue weighted by molar-refractivity contribution is 6.34. The zero-order valence-corrected chi connectivity index (χ0v) is 15.8. The molecule has 26 heavy (non-hydrogen) atoms. The molecule has 1 aromatic carbocycles. The summed E-state index contributed by atoms with van der Waals surface area (Å²) in [6.45, 7) is 6.41. The Bertz CT molecular complexity index is 848. The Labute approximate surface area is 157 Å². The van der Waals surface area contributed by atoms with E-state index < -0.39 is 17.7 Å². The van der Waals surface area contributed by atoms with Gasteiger partial charge in [0.25, 0.3) is 0 Å². The largest absolute Gasteiger partial charge is 0.444 e. The van der Waals surface area contributed by atoms with Crippen molar-refractivity contribution < 1.29 is 14.3 Å². The van der Waals surface area contributed by atoms with Crippen LogP contribution >= 0.6 is 11.6 Å². The fourth-order valence-corrected chi connectivity index (χ4v) is 3.20. The van der Waals surface area contributed by atoms with Gasteiger partial charge in [-0.25, -0.2) is 9.78 Å². The minimum Gasteiger partial charge on any atom is -0.444 e. The average Bonchev–Trinajstić information content (AvgIpc) is 2.87. The van der Waals surface area contributed by atoms with E-state index in [2.05, 4.69) is 10.3 Å². The number of fused-ring (bicyclic) bond motifs is 1. The van der Waals surface area contributed by atoms with Crippen LogP contribution in [0.5, 0.6) is 0 Å². The number of carbonyl (C=O) groups excluding carboxylic acids is 2. The number of ether oxygens (including phenoxy) is 1. The van der Waals surface area contributed by atoms with Gasteiger partial charge in [0.15, 0.2) is 0 Å². The summed E-state index contributed by atoms with van der Waals surface area (Å²) in [5, 5.41) is 4.97. The van der Waals surface area contributed by atoms with Crippen molar-refractivity contribution in [3.63, 3.8) is 0 Å². The molecule has 1 fully saturated rings. The molecule has 2 heterocycles. The molecule has 0 bridgehead atoms. The number of alkyl carbamates (subject to hydrolysis) is 1. The second-order valence-corrected chi connectivity index (χ2v) is 7.76. The van der Waals surface area contributed by atoms with Gasteiger partial charge in [-0.2, -0.15) is 0 Å². The van der Waals surface area contributed by atoms with Gasteiger partial charge in [-0.05, 0) is 50.3 Å². The predicted octanol–water partition coefficient (Wildman–Crippen LogP) is 3.51. The van der Waals surface area contributed by atoms with Gasteiger partial charge in [0.2, 0.25) is 5.91 Å². The van der Waals surface area contributed by atoms with E-state index in [1.165, 1.54) is 0 Å². The first-order valence-corrected chi connectivity index (χ1v) is 8.92. The van der Waals surface area contributed by atoms with Crippen molar-refractivity contribution in [1.29, 1.82) is 0 Å². The van der Waals surface area contributed by atoms with E-state index in [0.29, 0.717) is 24.7 Å². The molecule has 0 spiro atoms. The molecule has 1 saturated heterocycles. The quantitative estimate of drug-likeness (QED) is 0.833. The highest BCUT2D eigenvalue weighted by Gasteiger charge is 2.33. The maximum Gasteiger partial charge on any atom is 0.408 e. The second-order valence-electron chi connectivity index (χ2n) is 7.40. The molecule has 3 rings (SSSR count). The van der Waals surface area contributed by atoms with Crippen molar-refractivity contribution in [2.75, 3.05) is 6.54 Å². The Kier molecular flexibility index (Phi) is 5.05. The number of amides is 2. The van der Waals surface area contributed by atoms with Crippen molar-refractivity contribution in [2.24, 2.45) is 0 Å². The molecule has 2 amide bonds. The molecule has 2 aromatic rings. The lowest BCUT2D eigenvalue weighted by atomic mass is 10.1. The number of rotatable bonds is 3. The van der Waals surface area contributed by atoms with Crippen molar-refractivity contribution >= 4 is 34.4 Å². The van der Waals surface area contributed by atoms with Crippen molar-refractivity contribution in [2.45, 2.75) is 45.4 Å². The molecule has 138 valence electrons. The van der Waals surface area contributed by atoms with Crippen molar-refractivity contribution in [3.8, 4) is 0 Å². The normalized spacial score (nSPS) is 17.6. The van der Waals surface area contributed by atoms with Crippen LogP contribution in [0, 0.1) is 0 Å². The van der Waals surface area contributed by atoms with E-state index in [-0.39, 0.29) is 5.91 Å². The lowest BCUT2D eigenvalue weighted by Crippen LogP contribution is -2.43. The Balaban J connectivity index is 1.65. The monoisotopic (exact) mass is 375 g/mol. The summed E-state index contributed by atoms with van der Waals surface area (Å²) >= 11 is 6.15. The van der Waals surface area contributed by atoms with Gasteiger partial charge in [-0.15, -0.1) is 0 Å². The number of pyridine rings is 1.